The summed E-state index contributed by atoms with van der Waals surface area (Å²) in [4.78, 5) is 10.6. The highest BCUT2D eigenvalue weighted by molar-refractivity contribution is 7.52. The maximum absolute atomic E-state index is 13.0. The van der Waals surface area contributed by atoms with Crippen molar-refractivity contribution < 1.29 is 49.0 Å². The lowest BCUT2D eigenvalue weighted by Crippen LogP contribution is -2.64. The molecule has 0 bridgehead atoms. The first-order valence-electron chi connectivity index (χ1n) is 24.2. The van der Waals surface area contributed by atoms with Crippen LogP contribution in [0.25, 0.3) is 0 Å². The third kappa shape index (κ3) is 29.7. The summed E-state index contributed by atoms with van der Waals surface area (Å²) in [5, 5.41) is 50.4. The van der Waals surface area contributed by atoms with E-state index in [4.69, 9.17) is 14.0 Å². The van der Waals surface area contributed by atoms with Crippen LogP contribution in [0.1, 0.15) is 226 Å². The fourth-order valence-electron chi connectivity index (χ4n) is 7.95. The third-order valence-corrected chi connectivity index (χ3v) is 13.3. The molecule has 0 radical (unpaired) electrons. The Morgan fingerprint density at radius 1 is 0.439 bits per heavy atom. The van der Waals surface area contributed by atoms with Gasteiger partial charge in [-0.1, -0.05) is 206 Å². The van der Waals surface area contributed by atoms with Crippen LogP contribution in [0.4, 0.5) is 0 Å². The van der Waals surface area contributed by atoms with E-state index in [0.717, 1.165) is 25.7 Å². The van der Waals surface area contributed by atoms with Gasteiger partial charge in [-0.2, -0.15) is 0 Å². The summed E-state index contributed by atoms with van der Waals surface area (Å²) in [7, 11) is -4.38. The molecule has 2 unspecified atom stereocenters. The number of hydrogen-bond donors (Lipinski definition) is 6. The predicted molar refractivity (Wildman–Crippen MR) is 234 cm³/mol. The topological polar surface area (TPSA) is 166 Å². The summed E-state index contributed by atoms with van der Waals surface area (Å²) in [6, 6.07) is 0. The summed E-state index contributed by atoms with van der Waals surface area (Å²) >= 11 is 0. The van der Waals surface area contributed by atoms with Gasteiger partial charge in [0.15, 0.2) is 0 Å². The van der Waals surface area contributed by atoms with Gasteiger partial charge < -0.3 is 39.9 Å². The van der Waals surface area contributed by atoms with Crippen LogP contribution in [-0.2, 0) is 18.6 Å². The van der Waals surface area contributed by atoms with Crippen LogP contribution in [-0.4, -0.2) is 99.1 Å². The van der Waals surface area contributed by atoms with Gasteiger partial charge in [0.05, 0.1) is 18.9 Å². The summed E-state index contributed by atoms with van der Waals surface area (Å²) < 4.78 is 30.4. The van der Waals surface area contributed by atoms with Gasteiger partial charge in [0.2, 0.25) is 0 Å². The van der Waals surface area contributed by atoms with Crippen LogP contribution in [0.5, 0.6) is 0 Å². The van der Waals surface area contributed by atoms with Crippen LogP contribution in [0, 0.1) is 0 Å². The molecular formula is C46H93O10P. The van der Waals surface area contributed by atoms with Crippen molar-refractivity contribution in [3.63, 3.8) is 0 Å². The Morgan fingerprint density at radius 2 is 0.737 bits per heavy atom. The largest absolute Gasteiger partial charge is 0.387 e. The maximum Gasteiger partial charge on any atom is 0.328 e. The molecule has 1 saturated carbocycles. The highest BCUT2D eigenvalue weighted by atomic mass is 31.2. The average molecular weight is 837 g/mol. The van der Waals surface area contributed by atoms with Crippen LogP contribution >= 0.6 is 7.60 Å². The van der Waals surface area contributed by atoms with E-state index in [1.807, 2.05) is 0 Å². The number of rotatable bonds is 42. The van der Waals surface area contributed by atoms with Crippen LogP contribution in [0.3, 0.4) is 0 Å². The number of aliphatic hydroxyl groups excluding tert-OH is 5. The molecule has 0 aromatic heterocycles. The highest BCUT2D eigenvalue weighted by Gasteiger charge is 2.51. The Kier molecular flexibility index (Phi) is 36.2. The molecule has 342 valence electrons. The molecule has 11 heteroatoms. The molecule has 6 N–H and O–H groups in total. The molecule has 57 heavy (non-hydrogen) atoms. The van der Waals surface area contributed by atoms with Crippen molar-refractivity contribution in [1.29, 1.82) is 0 Å². The molecule has 0 saturated heterocycles. The summed E-state index contributed by atoms with van der Waals surface area (Å²) in [5.74, 6) is 0. The Labute approximate surface area is 350 Å². The molecule has 1 aliphatic rings. The molecular weight excluding hydrogens is 743 g/mol. The molecule has 8 atom stereocenters. The molecule has 10 nitrogen and oxygen atoms in total. The summed E-state index contributed by atoms with van der Waals surface area (Å²) in [6.07, 6.45) is 30.1. The minimum Gasteiger partial charge on any atom is -0.387 e. The smallest absolute Gasteiger partial charge is 0.328 e. The van der Waals surface area contributed by atoms with E-state index in [0.29, 0.717) is 13.2 Å². The first-order chi connectivity index (χ1) is 27.6. The van der Waals surface area contributed by atoms with E-state index >= 15 is 0 Å². The minimum atomic E-state index is -4.38. The van der Waals surface area contributed by atoms with Gasteiger partial charge in [-0.25, -0.2) is 0 Å². The molecule has 0 aromatic rings. The van der Waals surface area contributed by atoms with E-state index in [1.165, 1.54) is 180 Å². The second-order valence-corrected chi connectivity index (χ2v) is 19.3. The van der Waals surface area contributed by atoms with Crippen LogP contribution < -0.4 is 0 Å². The third-order valence-electron chi connectivity index (χ3n) is 11.9. The number of hydrogen-bond acceptors (Lipinski definition) is 9. The van der Waals surface area contributed by atoms with Gasteiger partial charge in [0.25, 0.3) is 0 Å². The number of aliphatic hydroxyl groups is 5. The SMILES string of the molecule is CCCCCCCCCCCCCCCCCCOCC(CCP(=O)(O)O[C@@H]1[C@@H](O)[C@H](O)[C@@H](O)[C@H](O)[C@@H]1O)OCCCCCCCCCCCCCCCCCC. The molecule has 0 aromatic carbocycles. The van der Waals surface area contributed by atoms with Crippen molar-refractivity contribution in [2.75, 3.05) is 26.0 Å². The zero-order valence-corrected chi connectivity index (χ0v) is 37.9. The lowest BCUT2D eigenvalue weighted by Gasteiger charge is -2.41. The fraction of sp³-hybridized carbons (Fsp3) is 1.00. The number of unbranched alkanes of at least 4 members (excludes halogenated alkanes) is 30. The van der Waals surface area contributed by atoms with Gasteiger partial charge in [-0.05, 0) is 19.3 Å². The standard InChI is InChI=1S/C46H93O10P/c1-3-5-7-9-11-13-15-17-19-21-23-25-27-29-31-33-36-54-39-40(35-38-57(52,53)56-46-44(50)42(48)41(47)43(49)45(46)51)55-37-34-32-30-28-26-24-22-20-18-16-14-12-10-8-6-4-2/h40-51H,3-39H2,1-2H3,(H,52,53)/t40?,41-,42-,43+,44-,45-,46-/m0/s1. The van der Waals surface area contributed by atoms with Gasteiger partial charge in [0.1, 0.15) is 36.6 Å². The van der Waals surface area contributed by atoms with Gasteiger partial charge in [0, 0.05) is 13.2 Å². The Morgan fingerprint density at radius 3 is 1.09 bits per heavy atom. The van der Waals surface area contributed by atoms with Crippen LogP contribution in [0.15, 0.2) is 0 Å². The van der Waals surface area contributed by atoms with Gasteiger partial charge in [-0.15, -0.1) is 0 Å². The van der Waals surface area contributed by atoms with E-state index in [9.17, 15) is 35.0 Å². The van der Waals surface area contributed by atoms with Gasteiger partial charge >= 0.3 is 7.60 Å². The van der Waals surface area contributed by atoms with Crippen molar-refractivity contribution in [3.05, 3.63) is 0 Å². The molecule has 0 heterocycles. The maximum atomic E-state index is 13.0. The van der Waals surface area contributed by atoms with Crippen molar-refractivity contribution >= 4 is 7.60 Å². The molecule has 0 aliphatic heterocycles. The molecule has 1 aliphatic carbocycles. The van der Waals surface area contributed by atoms with Crippen molar-refractivity contribution in [2.45, 2.75) is 268 Å². The van der Waals surface area contributed by atoms with Crippen molar-refractivity contribution in [1.82, 2.24) is 0 Å². The second-order valence-electron chi connectivity index (χ2n) is 17.3. The van der Waals surface area contributed by atoms with Crippen LogP contribution in [0.2, 0.25) is 0 Å². The monoisotopic (exact) mass is 837 g/mol. The number of ether oxygens (including phenoxy) is 2. The van der Waals surface area contributed by atoms with Gasteiger partial charge in [-0.3, -0.25) is 9.09 Å². The molecule has 0 spiro atoms. The van der Waals surface area contributed by atoms with Crippen molar-refractivity contribution in [3.8, 4) is 0 Å². The van der Waals surface area contributed by atoms with E-state index < -0.39 is 50.3 Å². The average Bonchev–Trinajstić information content (AvgIpc) is 3.20. The zero-order valence-electron chi connectivity index (χ0n) is 37.0. The Bertz CT molecular complexity index is 896. The molecule has 1 rings (SSSR count). The summed E-state index contributed by atoms with van der Waals surface area (Å²) in [6.45, 7) is 5.95. The minimum absolute atomic E-state index is 0.165. The normalized spacial score (nSPS) is 22.9. The van der Waals surface area contributed by atoms with Crippen molar-refractivity contribution in [2.24, 2.45) is 0 Å². The summed E-state index contributed by atoms with van der Waals surface area (Å²) in [5.41, 5.74) is 0. The van der Waals surface area contributed by atoms with E-state index in [2.05, 4.69) is 13.8 Å². The predicted octanol–water partition coefficient (Wildman–Crippen LogP) is 10.7. The Balaban J connectivity index is 2.30. The second kappa shape index (κ2) is 37.6. The molecule has 0 amide bonds. The zero-order chi connectivity index (χ0) is 41.8. The Hall–Kier alpha value is -0.130. The lowest BCUT2D eigenvalue weighted by molar-refractivity contribution is -0.218. The highest BCUT2D eigenvalue weighted by Crippen LogP contribution is 2.46. The quantitative estimate of drug-likeness (QED) is 0.0257. The van der Waals surface area contributed by atoms with E-state index in [-0.39, 0.29) is 19.2 Å². The van der Waals surface area contributed by atoms with E-state index in [1.54, 1.807) is 0 Å². The lowest BCUT2D eigenvalue weighted by atomic mass is 9.85. The fourth-order valence-corrected chi connectivity index (χ4v) is 9.30. The molecule has 1 fully saturated rings. The first kappa shape index (κ1) is 54.9. The first-order valence-corrected chi connectivity index (χ1v) is 26.0.